The Labute approximate surface area is 121 Å². The van der Waals surface area contributed by atoms with Crippen molar-refractivity contribution in [1.29, 1.82) is 0 Å². The molecule has 0 bridgehead atoms. The molecule has 0 spiro atoms. The highest BCUT2D eigenvalue weighted by Gasteiger charge is 2.18. The molecule has 0 aliphatic carbocycles. The minimum absolute atomic E-state index is 0.220. The van der Waals surface area contributed by atoms with Crippen LogP contribution in [0.5, 0.6) is 5.75 Å². The van der Waals surface area contributed by atoms with E-state index in [1.807, 2.05) is 18.2 Å². The van der Waals surface area contributed by atoms with E-state index in [0.717, 1.165) is 36.0 Å². The molecule has 0 aliphatic heterocycles. The summed E-state index contributed by atoms with van der Waals surface area (Å²) in [6.45, 7) is 7.20. The van der Waals surface area contributed by atoms with E-state index < -0.39 is 0 Å². The lowest BCUT2D eigenvalue weighted by atomic mass is 9.93. The second-order valence-electron chi connectivity index (χ2n) is 5.93. The summed E-state index contributed by atoms with van der Waals surface area (Å²) in [6.07, 6.45) is 0. The molecule has 0 unspecified atom stereocenters. The molecule has 0 atom stereocenters. The topological polar surface area (TPSA) is 24.5 Å². The van der Waals surface area contributed by atoms with Crippen LogP contribution < -0.4 is 10.1 Å². The van der Waals surface area contributed by atoms with E-state index in [4.69, 9.17) is 16.3 Å². The van der Waals surface area contributed by atoms with Gasteiger partial charge in [0.25, 0.3) is 0 Å². The van der Waals surface area contributed by atoms with Crippen LogP contribution in [0.3, 0.4) is 0 Å². The van der Waals surface area contributed by atoms with Gasteiger partial charge < -0.3 is 15.0 Å². The maximum atomic E-state index is 6.21. The van der Waals surface area contributed by atoms with Crippen molar-refractivity contribution in [2.75, 3.05) is 34.3 Å². The van der Waals surface area contributed by atoms with E-state index in [9.17, 15) is 0 Å². The Morgan fingerprint density at radius 2 is 2.00 bits per heavy atom. The molecule has 1 aromatic carbocycles. The van der Waals surface area contributed by atoms with Crippen LogP contribution in [0.2, 0.25) is 5.02 Å². The third-order valence-corrected chi connectivity index (χ3v) is 3.30. The van der Waals surface area contributed by atoms with E-state index >= 15 is 0 Å². The predicted octanol–water partition coefficient (Wildman–Crippen LogP) is 3.03. The van der Waals surface area contributed by atoms with Gasteiger partial charge in [0.05, 0.1) is 7.11 Å². The van der Waals surface area contributed by atoms with E-state index in [-0.39, 0.29) is 5.41 Å². The van der Waals surface area contributed by atoms with Gasteiger partial charge in [0.1, 0.15) is 5.75 Å². The Morgan fingerprint density at radius 1 is 1.32 bits per heavy atom. The molecular weight excluding hydrogens is 260 g/mol. The van der Waals surface area contributed by atoms with E-state index in [0.29, 0.717) is 0 Å². The summed E-state index contributed by atoms with van der Waals surface area (Å²) in [4.78, 5) is 2.21. The highest BCUT2D eigenvalue weighted by Crippen LogP contribution is 2.26. The maximum absolute atomic E-state index is 6.21. The highest BCUT2D eigenvalue weighted by atomic mass is 35.5. The van der Waals surface area contributed by atoms with Crippen molar-refractivity contribution in [3.8, 4) is 5.75 Å². The lowest BCUT2D eigenvalue weighted by molar-refractivity contribution is 0.232. The zero-order valence-electron chi connectivity index (χ0n) is 12.6. The fraction of sp³-hybridized carbons (Fsp3) is 0.600. The van der Waals surface area contributed by atoms with Crippen LogP contribution in [-0.4, -0.2) is 39.2 Å². The monoisotopic (exact) mass is 284 g/mol. The van der Waals surface area contributed by atoms with E-state index in [1.165, 1.54) is 0 Å². The van der Waals surface area contributed by atoms with Crippen molar-refractivity contribution in [2.45, 2.75) is 20.4 Å². The van der Waals surface area contributed by atoms with Gasteiger partial charge in [-0.15, -0.1) is 0 Å². The Hall–Kier alpha value is -0.770. The average Bonchev–Trinajstić information content (AvgIpc) is 2.29. The second kappa shape index (κ2) is 7.13. The largest absolute Gasteiger partial charge is 0.496 e. The van der Waals surface area contributed by atoms with Crippen molar-refractivity contribution >= 4 is 11.6 Å². The Bertz CT molecular complexity index is 405. The SMILES string of the molecule is COc1cccc(Cl)c1CNCC(C)(C)CN(C)C. The molecule has 4 heteroatoms. The molecule has 0 heterocycles. The predicted molar refractivity (Wildman–Crippen MR) is 82.0 cm³/mol. The first kappa shape index (κ1) is 16.3. The van der Waals surface area contributed by atoms with Gasteiger partial charge in [-0.3, -0.25) is 0 Å². The Balaban J connectivity index is 2.58. The highest BCUT2D eigenvalue weighted by molar-refractivity contribution is 6.31. The summed E-state index contributed by atoms with van der Waals surface area (Å²) in [5, 5.41) is 4.22. The van der Waals surface area contributed by atoms with Crippen molar-refractivity contribution in [1.82, 2.24) is 10.2 Å². The average molecular weight is 285 g/mol. The summed E-state index contributed by atoms with van der Waals surface area (Å²) < 4.78 is 5.34. The summed E-state index contributed by atoms with van der Waals surface area (Å²) in [5.74, 6) is 0.838. The molecule has 108 valence electrons. The molecule has 1 aromatic rings. The summed E-state index contributed by atoms with van der Waals surface area (Å²) in [6, 6.07) is 5.74. The first-order chi connectivity index (χ1) is 8.85. The first-order valence-corrected chi connectivity index (χ1v) is 6.90. The van der Waals surface area contributed by atoms with E-state index in [1.54, 1.807) is 7.11 Å². The van der Waals surface area contributed by atoms with Crippen LogP contribution >= 0.6 is 11.6 Å². The molecule has 0 fully saturated rings. The van der Waals surface area contributed by atoms with Gasteiger partial charge in [-0.1, -0.05) is 31.5 Å². The summed E-state index contributed by atoms with van der Waals surface area (Å²) in [5.41, 5.74) is 1.24. The van der Waals surface area contributed by atoms with Crippen LogP contribution in [0.25, 0.3) is 0 Å². The summed E-state index contributed by atoms with van der Waals surface area (Å²) in [7, 11) is 5.86. The zero-order valence-corrected chi connectivity index (χ0v) is 13.3. The quantitative estimate of drug-likeness (QED) is 0.833. The minimum Gasteiger partial charge on any atom is -0.496 e. The van der Waals surface area contributed by atoms with Crippen LogP contribution in [0.4, 0.5) is 0 Å². The van der Waals surface area contributed by atoms with Gasteiger partial charge >= 0.3 is 0 Å². The maximum Gasteiger partial charge on any atom is 0.124 e. The molecule has 0 saturated carbocycles. The molecule has 3 nitrogen and oxygen atoms in total. The number of ether oxygens (including phenoxy) is 1. The number of halogens is 1. The molecule has 0 saturated heterocycles. The number of nitrogens with one attached hydrogen (secondary N) is 1. The van der Waals surface area contributed by atoms with Crippen LogP contribution in [0.1, 0.15) is 19.4 Å². The molecular formula is C15H25ClN2O. The normalized spacial score (nSPS) is 11.9. The third-order valence-electron chi connectivity index (χ3n) is 2.95. The smallest absolute Gasteiger partial charge is 0.124 e. The number of hydrogen-bond donors (Lipinski definition) is 1. The number of hydrogen-bond acceptors (Lipinski definition) is 3. The van der Waals surface area contributed by atoms with Gasteiger partial charge in [0.15, 0.2) is 0 Å². The third kappa shape index (κ3) is 5.39. The van der Waals surface area contributed by atoms with Crippen LogP contribution in [-0.2, 0) is 6.54 Å². The molecule has 1 rings (SSSR count). The number of nitrogens with zero attached hydrogens (tertiary/aromatic N) is 1. The lowest BCUT2D eigenvalue weighted by Gasteiger charge is -2.28. The number of methoxy groups -OCH3 is 1. The number of rotatable bonds is 7. The fourth-order valence-electron chi connectivity index (χ4n) is 2.34. The fourth-order valence-corrected chi connectivity index (χ4v) is 2.57. The van der Waals surface area contributed by atoms with E-state index in [2.05, 4.69) is 38.2 Å². The molecule has 19 heavy (non-hydrogen) atoms. The van der Waals surface area contributed by atoms with Crippen molar-refractivity contribution in [3.05, 3.63) is 28.8 Å². The van der Waals surface area contributed by atoms with Crippen LogP contribution in [0.15, 0.2) is 18.2 Å². The molecule has 0 amide bonds. The Kier molecular flexibility index (Phi) is 6.11. The van der Waals surface area contributed by atoms with Crippen molar-refractivity contribution in [2.24, 2.45) is 5.41 Å². The second-order valence-corrected chi connectivity index (χ2v) is 6.33. The zero-order chi connectivity index (χ0) is 14.5. The first-order valence-electron chi connectivity index (χ1n) is 6.52. The van der Waals surface area contributed by atoms with Gasteiger partial charge in [0.2, 0.25) is 0 Å². The molecule has 0 aliphatic rings. The molecule has 1 N–H and O–H groups in total. The number of benzene rings is 1. The van der Waals surface area contributed by atoms with Gasteiger partial charge in [0, 0.05) is 30.2 Å². The van der Waals surface area contributed by atoms with Gasteiger partial charge in [-0.2, -0.15) is 0 Å². The molecule has 0 aromatic heterocycles. The van der Waals surface area contributed by atoms with Gasteiger partial charge in [-0.25, -0.2) is 0 Å². The summed E-state index contributed by atoms with van der Waals surface area (Å²) >= 11 is 6.21. The van der Waals surface area contributed by atoms with Crippen LogP contribution in [0, 0.1) is 5.41 Å². The van der Waals surface area contributed by atoms with Crippen molar-refractivity contribution < 1.29 is 4.74 Å². The molecule has 0 radical (unpaired) electrons. The Morgan fingerprint density at radius 3 is 2.58 bits per heavy atom. The van der Waals surface area contributed by atoms with Gasteiger partial charge in [-0.05, 0) is 31.6 Å². The lowest BCUT2D eigenvalue weighted by Crippen LogP contribution is -2.37. The minimum atomic E-state index is 0.220. The van der Waals surface area contributed by atoms with Crippen molar-refractivity contribution in [3.63, 3.8) is 0 Å². The standard InChI is InChI=1S/C15H25ClN2O/c1-15(2,11-18(3)4)10-17-9-12-13(16)7-6-8-14(12)19-5/h6-8,17H,9-11H2,1-5H3.